The number of nitrogens with one attached hydrogen (secondary N) is 1. The minimum Gasteiger partial charge on any atom is -0.534 e. The lowest BCUT2D eigenvalue weighted by Gasteiger charge is -2.32. The Labute approximate surface area is 148 Å². The van der Waals surface area contributed by atoms with E-state index in [-0.39, 0.29) is 17.3 Å². The largest absolute Gasteiger partial charge is 0.546 e. The summed E-state index contributed by atoms with van der Waals surface area (Å²) in [5, 5.41) is 22.8. The molecule has 0 saturated carbocycles. The van der Waals surface area contributed by atoms with Crippen LogP contribution in [0.3, 0.4) is 0 Å². The molecule has 1 aromatic rings. The number of benzene rings is 1. The van der Waals surface area contributed by atoms with Crippen LogP contribution >= 0.6 is 0 Å². The second-order valence-electron chi connectivity index (χ2n) is 7.12. The number of carboxylic acid groups (broad SMARTS) is 1. The highest BCUT2D eigenvalue weighted by molar-refractivity contribution is 6.46. The van der Waals surface area contributed by atoms with Gasteiger partial charge in [0.05, 0.1) is 11.5 Å². The van der Waals surface area contributed by atoms with E-state index in [2.05, 4.69) is 23.8 Å². The van der Waals surface area contributed by atoms with Crippen LogP contribution in [0.5, 0.6) is 5.75 Å². The first-order chi connectivity index (χ1) is 11.9. The van der Waals surface area contributed by atoms with Gasteiger partial charge in [0.2, 0.25) is 0 Å². The average molecular weight is 344 g/mol. The van der Waals surface area contributed by atoms with Gasteiger partial charge in [-0.15, -0.1) is 0 Å². The lowest BCUT2D eigenvalue weighted by Crippen LogP contribution is -2.51. The zero-order valence-corrected chi connectivity index (χ0v) is 14.6. The Morgan fingerprint density at radius 3 is 2.84 bits per heavy atom. The number of allylic oxidation sites excluding steroid dienone is 1. The molecule has 1 saturated heterocycles. The van der Waals surface area contributed by atoms with E-state index < -0.39 is 13.1 Å². The van der Waals surface area contributed by atoms with Crippen LogP contribution in [0, 0.1) is 5.92 Å². The predicted octanol–water partition coefficient (Wildman–Crippen LogP) is 1.54. The van der Waals surface area contributed by atoms with E-state index >= 15 is 0 Å². The van der Waals surface area contributed by atoms with Crippen molar-refractivity contribution in [3.63, 3.8) is 0 Å². The molecule has 1 fully saturated rings. The zero-order chi connectivity index (χ0) is 18.0. The lowest BCUT2D eigenvalue weighted by atomic mass is 9.72. The SMILES string of the molecule is C=C(CC1CCN(C)CC1)NC1Cc2cccc(C(=O)O)c2OB1O. The Kier molecular flexibility index (Phi) is 5.34. The summed E-state index contributed by atoms with van der Waals surface area (Å²) in [4.78, 5) is 13.6. The highest BCUT2D eigenvalue weighted by Crippen LogP contribution is 2.30. The van der Waals surface area contributed by atoms with E-state index in [1.807, 2.05) is 6.07 Å². The van der Waals surface area contributed by atoms with Gasteiger partial charge in [-0.1, -0.05) is 18.7 Å². The molecule has 7 heteroatoms. The van der Waals surface area contributed by atoms with E-state index in [9.17, 15) is 14.9 Å². The van der Waals surface area contributed by atoms with Crippen LogP contribution in [-0.4, -0.2) is 54.2 Å². The molecule has 2 aliphatic rings. The monoisotopic (exact) mass is 344 g/mol. The van der Waals surface area contributed by atoms with Gasteiger partial charge in [-0.3, -0.25) is 0 Å². The van der Waals surface area contributed by atoms with Gasteiger partial charge in [0.15, 0.2) is 0 Å². The second-order valence-corrected chi connectivity index (χ2v) is 7.12. The van der Waals surface area contributed by atoms with Gasteiger partial charge in [0.25, 0.3) is 0 Å². The number of para-hydroxylation sites is 1. The molecular weight excluding hydrogens is 319 g/mol. The number of hydrogen-bond donors (Lipinski definition) is 3. The van der Waals surface area contributed by atoms with Crippen LogP contribution in [0.1, 0.15) is 35.2 Å². The molecule has 2 aliphatic heterocycles. The Morgan fingerprint density at radius 2 is 2.16 bits per heavy atom. The number of carbonyl (C=O) groups is 1. The molecule has 6 nitrogen and oxygen atoms in total. The molecule has 1 atom stereocenters. The summed E-state index contributed by atoms with van der Waals surface area (Å²) in [7, 11) is 1.05. The van der Waals surface area contributed by atoms with Crippen LogP contribution in [0.25, 0.3) is 0 Å². The van der Waals surface area contributed by atoms with Gasteiger partial charge in [-0.25, -0.2) is 4.79 Å². The van der Waals surface area contributed by atoms with Crippen molar-refractivity contribution in [1.29, 1.82) is 0 Å². The molecular formula is C18H25BN2O4. The quantitative estimate of drug-likeness (QED) is 0.703. The number of carboxylic acids is 1. The minimum absolute atomic E-state index is 0.0835. The number of nitrogens with zero attached hydrogens (tertiary/aromatic N) is 1. The summed E-state index contributed by atoms with van der Waals surface area (Å²) < 4.78 is 5.51. The Bertz CT molecular complexity index is 658. The third-order valence-electron chi connectivity index (χ3n) is 5.11. The Hall–Kier alpha value is -1.99. The maximum absolute atomic E-state index is 11.3. The molecule has 25 heavy (non-hydrogen) atoms. The van der Waals surface area contributed by atoms with Crippen molar-refractivity contribution in [2.75, 3.05) is 20.1 Å². The molecule has 1 aromatic carbocycles. The molecule has 3 N–H and O–H groups in total. The molecule has 3 rings (SSSR count). The summed E-state index contributed by atoms with van der Waals surface area (Å²) in [6, 6.07) is 5.02. The molecule has 0 bridgehead atoms. The van der Waals surface area contributed by atoms with Crippen LogP contribution in [-0.2, 0) is 6.42 Å². The second kappa shape index (κ2) is 7.50. The van der Waals surface area contributed by atoms with Crippen molar-refractivity contribution in [3.05, 3.63) is 41.6 Å². The maximum Gasteiger partial charge on any atom is 0.546 e. The lowest BCUT2D eigenvalue weighted by molar-refractivity contribution is 0.0694. The van der Waals surface area contributed by atoms with E-state index in [1.54, 1.807) is 6.07 Å². The first-order valence-electron chi connectivity index (χ1n) is 8.77. The fourth-order valence-corrected chi connectivity index (χ4v) is 3.65. The van der Waals surface area contributed by atoms with Crippen molar-refractivity contribution in [3.8, 4) is 5.75 Å². The number of likely N-dealkylation sites (tertiary alicyclic amines) is 1. The van der Waals surface area contributed by atoms with E-state index in [0.717, 1.165) is 43.6 Å². The summed E-state index contributed by atoms with van der Waals surface area (Å²) in [5.41, 5.74) is 1.77. The molecule has 134 valence electrons. The fraction of sp³-hybridized carbons (Fsp3) is 0.500. The van der Waals surface area contributed by atoms with Gasteiger partial charge in [-0.2, -0.15) is 0 Å². The normalized spacial score (nSPS) is 21.4. The number of rotatable bonds is 5. The topological polar surface area (TPSA) is 82.0 Å². The van der Waals surface area contributed by atoms with Gasteiger partial charge in [-0.05, 0) is 63.4 Å². The Morgan fingerprint density at radius 1 is 1.44 bits per heavy atom. The third kappa shape index (κ3) is 4.17. The molecule has 2 heterocycles. The number of fused-ring (bicyclic) bond motifs is 1. The van der Waals surface area contributed by atoms with Crippen molar-refractivity contribution in [1.82, 2.24) is 10.2 Å². The summed E-state index contributed by atoms with van der Waals surface area (Å²) in [5.74, 6) is -0.498. The van der Waals surface area contributed by atoms with Crippen molar-refractivity contribution >= 4 is 13.1 Å². The van der Waals surface area contributed by atoms with Crippen molar-refractivity contribution in [2.45, 2.75) is 31.6 Å². The molecule has 0 spiro atoms. The first kappa shape index (κ1) is 17.8. The fourth-order valence-electron chi connectivity index (χ4n) is 3.65. The van der Waals surface area contributed by atoms with E-state index in [4.69, 9.17) is 4.65 Å². The van der Waals surface area contributed by atoms with Gasteiger partial charge >= 0.3 is 13.1 Å². The molecule has 0 aromatic heterocycles. The summed E-state index contributed by atoms with van der Waals surface area (Å²) in [6.07, 6.45) is 3.71. The van der Waals surface area contributed by atoms with Crippen LogP contribution in [0.4, 0.5) is 0 Å². The summed E-state index contributed by atoms with van der Waals surface area (Å²) in [6.45, 7) is 6.33. The average Bonchev–Trinajstić information content (AvgIpc) is 2.57. The molecule has 0 radical (unpaired) electrons. The van der Waals surface area contributed by atoms with E-state index in [1.165, 1.54) is 6.07 Å². The molecule has 0 amide bonds. The van der Waals surface area contributed by atoms with Crippen LogP contribution in [0.15, 0.2) is 30.5 Å². The molecule has 0 aliphatic carbocycles. The van der Waals surface area contributed by atoms with Gasteiger partial charge in [0.1, 0.15) is 5.75 Å². The Balaban J connectivity index is 1.61. The van der Waals surface area contributed by atoms with Gasteiger partial charge < -0.3 is 25.0 Å². The third-order valence-corrected chi connectivity index (χ3v) is 5.11. The summed E-state index contributed by atoms with van der Waals surface area (Å²) >= 11 is 0. The predicted molar refractivity (Wildman–Crippen MR) is 96.6 cm³/mol. The smallest absolute Gasteiger partial charge is 0.534 e. The number of aromatic carboxylic acids is 1. The van der Waals surface area contributed by atoms with Crippen LogP contribution < -0.4 is 9.97 Å². The minimum atomic E-state index is -1.10. The van der Waals surface area contributed by atoms with Crippen molar-refractivity contribution in [2.24, 2.45) is 5.92 Å². The highest BCUT2D eigenvalue weighted by atomic mass is 16.5. The highest BCUT2D eigenvalue weighted by Gasteiger charge is 2.37. The number of hydrogen-bond acceptors (Lipinski definition) is 5. The zero-order valence-electron chi connectivity index (χ0n) is 14.6. The van der Waals surface area contributed by atoms with E-state index in [0.29, 0.717) is 12.3 Å². The molecule has 1 unspecified atom stereocenters. The van der Waals surface area contributed by atoms with Crippen LogP contribution in [0.2, 0.25) is 0 Å². The standard InChI is InChI=1S/C18H25BN2O4/c1-12(10-13-6-8-21(2)9-7-13)20-16-11-14-4-3-5-15(18(22)23)17(14)25-19(16)24/h3-5,13,16,20,24H,1,6-11H2,2H3,(H,22,23). The number of piperidine rings is 1. The first-order valence-corrected chi connectivity index (χ1v) is 8.77. The van der Waals surface area contributed by atoms with Crippen molar-refractivity contribution < 1.29 is 19.6 Å². The van der Waals surface area contributed by atoms with Gasteiger partial charge in [0, 0.05) is 5.70 Å². The maximum atomic E-state index is 11.3.